The Kier molecular flexibility index (Phi) is 8.13. The van der Waals surface area contributed by atoms with Crippen LogP contribution in [0.4, 0.5) is 16.3 Å². The zero-order valence-corrected chi connectivity index (χ0v) is 22.3. The van der Waals surface area contributed by atoms with E-state index in [1.807, 2.05) is 51.1 Å². The van der Waals surface area contributed by atoms with Gasteiger partial charge in [-0.05, 0) is 50.6 Å². The molecule has 0 aliphatic carbocycles. The van der Waals surface area contributed by atoms with Crippen LogP contribution >= 0.6 is 23.2 Å². The van der Waals surface area contributed by atoms with Gasteiger partial charge in [0, 0.05) is 23.2 Å². The first kappa shape index (κ1) is 26.6. The Balaban J connectivity index is 1.82. The summed E-state index contributed by atoms with van der Waals surface area (Å²) >= 11 is 12.0. The lowest BCUT2D eigenvalue weighted by molar-refractivity contribution is -0.117. The van der Waals surface area contributed by atoms with Crippen LogP contribution in [0.2, 0.25) is 10.0 Å². The fourth-order valence-corrected chi connectivity index (χ4v) is 3.71. The fraction of sp³-hybridized carbons (Fsp3) is 0.346. The molecule has 0 spiro atoms. The van der Waals surface area contributed by atoms with Gasteiger partial charge >= 0.3 is 6.03 Å². The van der Waals surface area contributed by atoms with Crippen LogP contribution in [0.5, 0.6) is 0 Å². The molecular weight excluding hydrogens is 485 g/mol. The van der Waals surface area contributed by atoms with Crippen molar-refractivity contribution in [2.24, 2.45) is 0 Å². The third-order valence-corrected chi connectivity index (χ3v) is 6.20. The largest absolute Gasteiger partial charge is 0.322 e. The number of aryl methyl sites for hydroxylation is 1. The van der Waals surface area contributed by atoms with Crippen LogP contribution in [-0.2, 0) is 10.2 Å². The summed E-state index contributed by atoms with van der Waals surface area (Å²) in [5.74, 6) is 0.209. The van der Waals surface area contributed by atoms with E-state index in [2.05, 4.69) is 31.4 Å². The Morgan fingerprint density at radius 2 is 1.71 bits per heavy atom. The van der Waals surface area contributed by atoms with Crippen molar-refractivity contribution in [1.82, 2.24) is 14.7 Å². The topological polar surface area (TPSA) is 79.3 Å². The van der Waals surface area contributed by atoms with Crippen molar-refractivity contribution in [3.8, 4) is 5.69 Å². The highest BCUT2D eigenvalue weighted by atomic mass is 35.5. The lowest BCUT2D eigenvalue weighted by Crippen LogP contribution is -2.44. The van der Waals surface area contributed by atoms with Gasteiger partial charge in [-0.1, -0.05) is 62.2 Å². The van der Waals surface area contributed by atoms with Crippen molar-refractivity contribution < 1.29 is 9.59 Å². The third kappa shape index (κ3) is 6.55. The SMILES string of the molecule is Cc1ccccc1-n1nc(C(C)(C)C)cc1NC(=O)CN(C(=O)Nc1ccc(Cl)c(Cl)c1)C(C)C. The normalized spacial score (nSPS) is 11.5. The zero-order chi connectivity index (χ0) is 25.9. The number of hydrogen-bond acceptors (Lipinski definition) is 3. The number of amides is 3. The molecular formula is C26H31Cl2N5O2. The summed E-state index contributed by atoms with van der Waals surface area (Å²) in [7, 11) is 0. The molecule has 3 aromatic rings. The van der Waals surface area contributed by atoms with Gasteiger partial charge in [-0.3, -0.25) is 4.79 Å². The van der Waals surface area contributed by atoms with Gasteiger partial charge in [-0.2, -0.15) is 5.10 Å². The highest BCUT2D eigenvalue weighted by Gasteiger charge is 2.24. The van der Waals surface area contributed by atoms with Crippen molar-refractivity contribution in [3.05, 3.63) is 69.8 Å². The first-order valence-electron chi connectivity index (χ1n) is 11.4. The van der Waals surface area contributed by atoms with E-state index in [9.17, 15) is 9.59 Å². The molecule has 0 bridgehead atoms. The molecule has 3 rings (SSSR count). The minimum atomic E-state index is -0.420. The van der Waals surface area contributed by atoms with Gasteiger partial charge in [-0.25, -0.2) is 9.48 Å². The first-order valence-corrected chi connectivity index (χ1v) is 12.1. The lowest BCUT2D eigenvalue weighted by atomic mass is 9.92. The maximum absolute atomic E-state index is 13.1. The number of nitrogens with one attached hydrogen (secondary N) is 2. The van der Waals surface area contributed by atoms with E-state index < -0.39 is 6.03 Å². The molecule has 0 fully saturated rings. The van der Waals surface area contributed by atoms with Crippen LogP contribution in [0, 0.1) is 6.92 Å². The summed E-state index contributed by atoms with van der Waals surface area (Å²) < 4.78 is 1.74. The lowest BCUT2D eigenvalue weighted by Gasteiger charge is -2.26. The second kappa shape index (κ2) is 10.7. The monoisotopic (exact) mass is 515 g/mol. The van der Waals surface area contributed by atoms with E-state index in [-0.39, 0.29) is 23.9 Å². The molecule has 0 atom stereocenters. The maximum atomic E-state index is 13.1. The Hall–Kier alpha value is -3.03. The molecule has 0 aliphatic heterocycles. The maximum Gasteiger partial charge on any atom is 0.322 e. The number of nitrogens with zero attached hydrogens (tertiary/aromatic N) is 3. The molecule has 0 saturated heterocycles. The van der Waals surface area contributed by atoms with E-state index >= 15 is 0 Å². The Labute approximate surface area is 216 Å². The summed E-state index contributed by atoms with van der Waals surface area (Å²) in [5, 5.41) is 11.2. The van der Waals surface area contributed by atoms with Gasteiger partial charge in [0.05, 0.1) is 21.4 Å². The number of hydrogen-bond donors (Lipinski definition) is 2. The highest BCUT2D eigenvalue weighted by Crippen LogP contribution is 2.28. The number of aromatic nitrogens is 2. The summed E-state index contributed by atoms with van der Waals surface area (Å²) in [6.07, 6.45) is 0. The highest BCUT2D eigenvalue weighted by molar-refractivity contribution is 6.42. The first-order chi connectivity index (χ1) is 16.4. The molecule has 0 unspecified atom stereocenters. The number of benzene rings is 2. The molecule has 0 radical (unpaired) electrons. The molecule has 35 heavy (non-hydrogen) atoms. The average molecular weight is 516 g/mol. The molecule has 7 nitrogen and oxygen atoms in total. The standard InChI is InChI=1S/C26H31Cl2N5O2/c1-16(2)32(25(35)29-18-11-12-19(27)20(28)13-18)15-24(34)30-23-14-22(26(4,5)6)31-33(23)21-10-8-7-9-17(21)3/h7-14,16H,15H2,1-6H3,(H,29,35)(H,30,34). The predicted molar refractivity (Wildman–Crippen MR) is 143 cm³/mol. The molecule has 1 heterocycles. The Morgan fingerprint density at radius 1 is 1.03 bits per heavy atom. The molecule has 3 amide bonds. The molecule has 1 aromatic heterocycles. The predicted octanol–water partition coefficient (Wildman–Crippen LogP) is 6.67. The van der Waals surface area contributed by atoms with E-state index in [1.165, 1.54) is 4.90 Å². The van der Waals surface area contributed by atoms with E-state index in [1.54, 1.807) is 22.9 Å². The second-order valence-corrected chi connectivity index (χ2v) is 10.5. The number of para-hydroxylation sites is 1. The van der Waals surface area contributed by atoms with Gasteiger partial charge in [0.2, 0.25) is 5.91 Å². The minimum absolute atomic E-state index is 0.144. The van der Waals surface area contributed by atoms with Gasteiger partial charge in [0.1, 0.15) is 12.4 Å². The molecule has 9 heteroatoms. The number of halogens is 2. The average Bonchev–Trinajstić information content (AvgIpc) is 3.18. The summed E-state index contributed by atoms with van der Waals surface area (Å²) in [6.45, 7) is 11.7. The van der Waals surface area contributed by atoms with E-state index in [4.69, 9.17) is 28.3 Å². The Bertz CT molecular complexity index is 1230. The molecule has 0 aliphatic rings. The number of carbonyl (C=O) groups excluding carboxylic acids is 2. The summed E-state index contributed by atoms with van der Waals surface area (Å²) in [4.78, 5) is 27.5. The third-order valence-electron chi connectivity index (χ3n) is 5.46. The van der Waals surface area contributed by atoms with Gasteiger partial charge < -0.3 is 15.5 Å². The van der Waals surface area contributed by atoms with E-state index in [0.717, 1.165) is 16.9 Å². The molecule has 2 aromatic carbocycles. The van der Waals surface area contributed by atoms with Crippen molar-refractivity contribution in [1.29, 1.82) is 0 Å². The van der Waals surface area contributed by atoms with Crippen LogP contribution in [0.25, 0.3) is 5.69 Å². The van der Waals surface area contributed by atoms with Crippen LogP contribution in [0.3, 0.4) is 0 Å². The van der Waals surface area contributed by atoms with Crippen LogP contribution in [-0.4, -0.2) is 39.2 Å². The quantitative estimate of drug-likeness (QED) is 0.384. The summed E-state index contributed by atoms with van der Waals surface area (Å²) in [6, 6.07) is 13.9. The van der Waals surface area contributed by atoms with Crippen LogP contribution in [0.15, 0.2) is 48.5 Å². The second-order valence-electron chi connectivity index (χ2n) is 9.69. The Morgan fingerprint density at radius 3 is 2.31 bits per heavy atom. The fourth-order valence-electron chi connectivity index (χ4n) is 3.42. The van der Waals surface area contributed by atoms with Crippen molar-refractivity contribution >= 4 is 46.6 Å². The van der Waals surface area contributed by atoms with Crippen molar-refractivity contribution in [3.63, 3.8) is 0 Å². The molecule has 2 N–H and O–H groups in total. The van der Waals surface area contributed by atoms with E-state index in [0.29, 0.717) is 21.6 Å². The zero-order valence-electron chi connectivity index (χ0n) is 20.8. The molecule has 186 valence electrons. The van der Waals surface area contributed by atoms with Gasteiger partial charge in [0.15, 0.2) is 0 Å². The number of urea groups is 1. The van der Waals surface area contributed by atoms with Gasteiger partial charge in [-0.15, -0.1) is 0 Å². The van der Waals surface area contributed by atoms with Crippen molar-refractivity contribution in [2.45, 2.75) is 53.0 Å². The minimum Gasteiger partial charge on any atom is -0.313 e. The number of rotatable bonds is 6. The molecule has 0 saturated carbocycles. The van der Waals surface area contributed by atoms with Crippen molar-refractivity contribution in [2.75, 3.05) is 17.2 Å². The number of carbonyl (C=O) groups is 2. The number of anilines is 2. The summed E-state index contributed by atoms with van der Waals surface area (Å²) in [5.41, 5.74) is 3.02. The smallest absolute Gasteiger partial charge is 0.313 e. The van der Waals surface area contributed by atoms with Crippen LogP contribution < -0.4 is 10.6 Å². The van der Waals surface area contributed by atoms with Crippen LogP contribution in [0.1, 0.15) is 45.9 Å². The van der Waals surface area contributed by atoms with Gasteiger partial charge in [0.25, 0.3) is 0 Å².